The second-order valence-electron chi connectivity index (χ2n) is 7.44. The van der Waals surface area contributed by atoms with Crippen LogP contribution in [0, 0.1) is 13.8 Å². The lowest BCUT2D eigenvalue weighted by Crippen LogP contribution is -2.55. The molecule has 8 nitrogen and oxygen atoms in total. The van der Waals surface area contributed by atoms with Crippen LogP contribution >= 0.6 is 0 Å². The van der Waals surface area contributed by atoms with Crippen molar-refractivity contribution in [3.63, 3.8) is 0 Å². The SMILES string of the molecule is CCCCCC(=O)N1CCN(C(=O)c2nc(C)nc(C)c2C(=O)OCC)CC1C. The van der Waals surface area contributed by atoms with Gasteiger partial charge >= 0.3 is 5.97 Å². The van der Waals surface area contributed by atoms with Gasteiger partial charge in [0.25, 0.3) is 5.91 Å². The molecular weight excluding hydrogens is 372 g/mol. The van der Waals surface area contributed by atoms with E-state index in [-0.39, 0.29) is 35.7 Å². The van der Waals surface area contributed by atoms with E-state index in [1.165, 1.54) is 0 Å². The Morgan fingerprint density at radius 3 is 2.45 bits per heavy atom. The van der Waals surface area contributed by atoms with Crippen molar-refractivity contribution in [2.24, 2.45) is 0 Å². The minimum atomic E-state index is -0.592. The average Bonchev–Trinajstić information content (AvgIpc) is 2.66. The monoisotopic (exact) mass is 404 g/mol. The van der Waals surface area contributed by atoms with Gasteiger partial charge in [0.1, 0.15) is 17.1 Å². The molecule has 2 heterocycles. The number of aryl methyl sites for hydroxylation is 2. The molecule has 2 amide bonds. The summed E-state index contributed by atoms with van der Waals surface area (Å²) in [5, 5.41) is 0. The van der Waals surface area contributed by atoms with Crippen molar-refractivity contribution in [3.8, 4) is 0 Å². The Labute approximate surface area is 172 Å². The number of piperazine rings is 1. The molecule has 8 heteroatoms. The summed E-state index contributed by atoms with van der Waals surface area (Å²) in [5.41, 5.74) is 0.619. The lowest BCUT2D eigenvalue weighted by Gasteiger charge is -2.40. The van der Waals surface area contributed by atoms with Gasteiger partial charge < -0.3 is 14.5 Å². The Bertz CT molecular complexity index is 765. The third-order valence-electron chi connectivity index (χ3n) is 5.11. The molecule has 1 aromatic heterocycles. The first-order chi connectivity index (χ1) is 13.8. The fourth-order valence-electron chi connectivity index (χ4n) is 3.65. The van der Waals surface area contributed by atoms with Gasteiger partial charge in [-0.05, 0) is 34.1 Å². The molecular formula is C21H32N4O4. The van der Waals surface area contributed by atoms with Gasteiger partial charge in [0.05, 0.1) is 12.3 Å². The second-order valence-corrected chi connectivity index (χ2v) is 7.44. The van der Waals surface area contributed by atoms with Crippen LogP contribution in [0.25, 0.3) is 0 Å². The second kappa shape index (κ2) is 10.3. The molecule has 1 aliphatic rings. The summed E-state index contributed by atoms with van der Waals surface area (Å²) in [7, 11) is 0. The number of amides is 2. The average molecular weight is 405 g/mol. The van der Waals surface area contributed by atoms with Gasteiger partial charge in [0.2, 0.25) is 5.91 Å². The summed E-state index contributed by atoms with van der Waals surface area (Å²) in [4.78, 5) is 50.0. The summed E-state index contributed by atoms with van der Waals surface area (Å²) in [5.74, 6) is -0.353. The third kappa shape index (κ3) is 5.52. The predicted octanol–water partition coefficient (Wildman–Crippen LogP) is 2.52. The first-order valence-corrected chi connectivity index (χ1v) is 10.4. The number of rotatable bonds is 7. The van der Waals surface area contributed by atoms with Crippen LogP contribution in [0.5, 0.6) is 0 Å². The number of hydrogen-bond acceptors (Lipinski definition) is 6. The molecule has 0 radical (unpaired) electrons. The van der Waals surface area contributed by atoms with Crippen LogP contribution in [0.1, 0.15) is 78.8 Å². The topological polar surface area (TPSA) is 92.7 Å². The van der Waals surface area contributed by atoms with Crippen LogP contribution in [0.3, 0.4) is 0 Å². The molecule has 1 fully saturated rings. The van der Waals surface area contributed by atoms with E-state index in [0.29, 0.717) is 37.6 Å². The smallest absolute Gasteiger partial charge is 0.342 e. The molecule has 1 unspecified atom stereocenters. The summed E-state index contributed by atoms with van der Waals surface area (Å²) >= 11 is 0. The van der Waals surface area contributed by atoms with Crippen molar-refractivity contribution in [1.82, 2.24) is 19.8 Å². The van der Waals surface area contributed by atoms with Crippen molar-refractivity contribution < 1.29 is 19.1 Å². The van der Waals surface area contributed by atoms with Crippen LogP contribution in [0.4, 0.5) is 0 Å². The summed E-state index contributed by atoms with van der Waals surface area (Å²) < 4.78 is 5.10. The molecule has 0 aliphatic carbocycles. The van der Waals surface area contributed by atoms with Crippen LogP contribution in [-0.4, -0.2) is 69.8 Å². The van der Waals surface area contributed by atoms with E-state index >= 15 is 0 Å². The minimum absolute atomic E-state index is 0.0726. The Hall–Kier alpha value is -2.51. The van der Waals surface area contributed by atoms with Crippen molar-refractivity contribution in [3.05, 3.63) is 22.8 Å². The van der Waals surface area contributed by atoms with Crippen LogP contribution < -0.4 is 0 Å². The van der Waals surface area contributed by atoms with Gasteiger partial charge in [0.15, 0.2) is 0 Å². The molecule has 29 heavy (non-hydrogen) atoms. The first-order valence-electron chi connectivity index (χ1n) is 10.4. The highest BCUT2D eigenvalue weighted by Crippen LogP contribution is 2.19. The van der Waals surface area contributed by atoms with E-state index in [0.717, 1.165) is 19.3 Å². The van der Waals surface area contributed by atoms with Crippen molar-refractivity contribution in [2.45, 2.75) is 66.3 Å². The molecule has 1 aliphatic heterocycles. The van der Waals surface area contributed by atoms with Crippen molar-refractivity contribution in [1.29, 1.82) is 0 Å². The number of nitrogens with zero attached hydrogens (tertiary/aromatic N) is 4. The normalized spacial score (nSPS) is 16.7. The standard InChI is InChI=1S/C21H32N4O4/c1-6-8-9-10-17(26)25-12-11-24(13-14(25)3)20(27)19-18(21(28)29-7-2)15(4)22-16(5)23-19/h14H,6-13H2,1-5H3. The van der Waals surface area contributed by atoms with Crippen LogP contribution in [0.2, 0.25) is 0 Å². The van der Waals surface area contributed by atoms with Gasteiger partial charge in [-0.2, -0.15) is 0 Å². The number of ether oxygens (including phenoxy) is 1. The summed E-state index contributed by atoms with van der Waals surface area (Å²) in [6.07, 6.45) is 3.56. The Balaban J connectivity index is 2.16. The molecule has 1 aromatic rings. The van der Waals surface area contributed by atoms with Gasteiger partial charge in [-0.1, -0.05) is 19.8 Å². The van der Waals surface area contributed by atoms with E-state index in [1.54, 1.807) is 25.7 Å². The highest BCUT2D eigenvalue weighted by molar-refractivity contribution is 6.04. The van der Waals surface area contributed by atoms with E-state index in [4.69, 9.17) is 4.74 Å². The number of aromatic nitrogens is 2. The zero-order chi connectivity index (χ0) is 21.6. The van der Waals surface area contributed by atoms with Gasteiger partial charge in [0, 0.05) is 32.1 Å². The molecule has 0 aromatic carbocycles. The van der Waals surface area contributed by atoms with Gasteiger partial charge in [-0.15, -0.1) is 0 Å². The van der Waals surface area contributed by atoms with Crippen LogP contribution in [-0.2, 0) is 9.53 Å². The lowest BCUT2D eigenvalue weighted by atomic mass is 10.1. The number of hydrogen-bond donors (Lipinski definition) is 0. The maximum absolute atomic E-state index is 13.2. The lowest BCUT2D eigenvalue weighted by molar-refractivity contribution is -0.135. The maximum Gasteiger partial charge on any atom is 0.342 e. The Kier molecular flexibility index (Phi) is 8.10. The third-order valence-corrected chi connectivity index (χ3v) is 5.11. The number of esters is 1. The number of unbranched alkanes of at least 4 members (excludes halogenated alkanes) is 2. The zero-order valence-corrected chi connectivity index (χ0v) is 18.2. The molecule has 2 rings (SSSR count). The molecule has 0 spiro atoms. The molecule has 1 atom stereocenters. The Morgan fingerprint density at radius 2 is 1.83 bits per heavy atom. The first kappa shape index (κ1) is 22.8. The highest BCUT2D eigenvalue weighted by Gasteiger charge is 2.33. The fraction of sp³-hybridized carbons (Fsp3) is 0.667. The summed E-state index contributed by atoms with van der Waals surface area (Å²) in [6, 6.07) is -0.0862. The number of carbonyl (C=O) groups excluding carboxylic acids is 3. The Morgan fingerprint density at radius 1 is 1.10 bits per heavy atom. The van der Waals surface area contributed by atoms with E-state index in [2.05, 4.69) is 16.9 Å². The summed E-state index contributed by atoms with van der Waals surface area (Å²) in [6.45, 7) is 10.6. The molecule has 1 saturated heterocycles. The van der Waals surface area contributed by atoms with Gasteiger partial charge in [-0.25, -0.2) is 14.8 Å². The van der Waals surface area contributed by atoms with E-state index < -0.39 is 5.97 Å². The predicted molar refractivity (Wildman–Crippen MR) is 109 cm³/mol. The van der Waals surface area contributed by atoms with Crippen molar-refractivity contribution >= 4 is 17.8 Å². The number of carbonyl (C=O) groups is 3. The molecule has 0 N–H and O–H groups in total. The highest BCUT2D eigenvalue weighted by atomic mass is 16.5. The van der Waals surface area contributed by atoms with Crippen molar-refractivity contribution in [2.75, 3.05) is 26.2 Å². The zero-order valence-electron chi connectivity index (χ0n) is 18.2. The quantitative estimate of drug-likeness (QED) is 0.512. The fourth-order valence-corrected chi connectivity index (χ4v) is 3.65. The minimum Gasteiger partial charge on any atom is -0.462 e. The largest absolute Gasteiger partial charge is 0.462 e. The van der Waals surface area contributed by atoms with E-state index in [9.17, 15) is 14.4 Å². The van der Waals surface area contributed by atoms with Crippen LogP contribution in [0.15, 0.2) is 0 Å². The van der Waals surface area contributed by atoms with E-state index in [1.807, 2.05) is 11.8 Å². The van der Waals surface area contributed by atoms with Gasteiger partial charge in [-0.3, -0.25) is 9.59 Å². The maximum atomic E-state index is 13.2. The molecule has 0 bridgehead atoms. The molecule has 160 valence electrons. The molecule has 0 saturated carbocycles.